The molecule has 4 nitrogen and oxygen atoms in total. The Labute approximate surface area is 108 Å². The predicted octanol–water partition coefficient (Wildman–Crippen LogP) is 2.25. The molecule has 1 spiro atoms. The number of nitrogens with one attached hydrogen (secondary N) is 2. The van der Waals surface area contributed by atoms with Gasteiger partial charge in [-0.05, 0) is 43.7 Å². The standard InChI is InChI=1S/C14H21N3O/c1-2-3-11-10-9-16-17-13(10)12(18)8-14(11)4-6-15-7-5-14/h9,11,15H,2-8H2,1H3,(H,16,17). The molecule has 4 heteroatoms. The lowest BCUT2D eigenvalue weighted by molar-refractivity contribution is 0.0738. The van der Waals surface area contributed by atoms with E-state index in [9.17, 15) is 4.79 Å². The second-order valence-electron chi connectivity index (χ2n) is 5.75. The number of rotatable bonds is 2. The Morgan fingerprint density at radius 1 is 1.44 bits per heavy atom. The van der Waals surface area contributed by atoms with E-state index in [-0.39, 0.29) is 11.2 Å². The van der Waals surface area contributed by atoms with Crippen LogP contribution in [-0.2, 0) is 0 Å². The van der Waals surface area contributed by atoms with Crippen molar-refractivity contribution in [1.82, 2.24) is 15.5 Å². The van der Waals surface area contributed by atoms with Gasteiger partial charge in [0.05, 0.1) is 6.20 Å². The van der Waals surface area contributed by atoms with Crippen LogP contribution in [0, 0.1) is 5.41 Å². The Morgan fingerprint density at radius 2 is 2.22 bits per heavy atom. The summed E-state index contributed by atoms with van der Waals surface area (Å²) in [6, 6.07) is 0. The van der Waals surface area contributed by atoms with Crippen LogP contribution in [0.2, 0.25) is 0 Å². The van der Waals surface area contributed by atoms with E-state index in [1.165, 1.54) is 18.4 Å². The molecule has 1 aromatic heterocycles. The van der Waals surface area contributed by atoms with Crippen LogP contribution < -0.4 is 5.32 Å². The number of hydrogen-bond donors (Lipinski definition) is 2. The van der Waals surface area contributed by atoms with Crippen LogP contribution in [0.3, 0.4) is 0 Å². The number of carbonyl (C=O) groups excluding carboxylic acids is 1. The van der Waals surface area contributed by atoms with E-state index < -0.39 is 0 Å². The van der Waals surface area contributed by atoms with Gasteiger partial charge in [0.15, 0.2) is 5.78 Å². The molecule has 0 aromatic carbocycles. The number of piperidine rings is 1. The first-order chi connectivity index (χ1) is 8.77. The Hall–Kier alpha value is -1.16. The van der Waals surface area contributed by atoms with Gasteiger partial charge in [-0.1, -0.05) is 13.3 Å². The second kappa shape index (κ2) is 4.50. The maximum absolute atomic E-state index is 12.3. The quantitative estimate of drug-likeness (QED) is 0.842. The normalized spacial score (nSPS) is 26.3. The minimum atomic E-state index is 0.190. The zero-order valence-corrected chi connectivity index (χ0v) is 11.0. The van der Waals surface area contributed by atoms with Gasteiger partial charge in [-0.2, -0.15) is 5.10 Å². The Kier molecular flexibility index (Phi) is 2.98. The topological polar surface area (TPSA) is 57.8 Å². The van der Waals surface area contributed by atoms with Gasteiger partial charge in [-0.15, -0.1) is 0 Å². The van der Waals surface area contributed by atoms with Gasteiger partial charge in [0.25, 0.3) is 0 Å². The number of Topliss-reactive ketones (excluding diaryl/α,β-unsaturated/α-hetero) is 1. The molecule has 2 N–H and O–H groups in total. The van der Waals surface area contributed by atoms with Crippen LogP contribution in [0.5, 0.6) is 0 Å². The lowest BCUT2D eigenvalue weighted by Crippen LogP contribution is -2.44. The van der Waals surface area contributed by atoms with Gasteiger partial charge in [0.2, 0.25) is 0 Å². The molecule has 18 heavy (non-hydrogen) atoms. The lowest BCUT2D eigenvalue weighted by atomic mass is 9.59. The Balaban J connectivity index is 2.02. The number of aromatic nitrogens is 2. The third kappa shape index (κ3) is 1.70. The van der Waals surface area contributed by atoms with Crippen molar-refractivity contribution in [3.05, 3.63) is 17.5 Å². The number of aromatic amines is 1. The first-order valence-corrected chi connectivity index (χ1v) is 7.04. The molecule has 1 unspecified atom stereocenters. The van der Waals surface area contributed by atoms with Gasteiger partial charge in [-0.3, -0.25) is 9.89 Å². The van der Waals surface area contributed by atoms with Crippen LogP contribution in [0.15, 0.2) is 6.20 Å². The highest BCUT2D eigenvalue weighted by atomic mass is 16.1. The number of nitrogens with zero attached hydrogens (tertiary/aromatic N) is 1. The number of ketones is 1. The molecule has 1 saturated heterocycles. The summed E-state index contributed by atoms with van der Waals surface area (Å²) in [5.74, 6) is 0.771. The summed E-state index contributed by atoms with van der Waals surface area (Å²) in [6.45, 7) is 4.31. The first-order valence-electron chi connectivity index (χ1n) is 7.04. The van der Waals surface area contributed by atoms with Gasteiger partial charge >= 0.3 is 0 Å². The molecular formula is C14H21N3O. The molecule has 2 aliphatic rings. The number of carbonyl (C=O) groups is 1. The van der Waals surface area contributed by atoms with E-state index in [4.69, 9.17) is 0 Å². The highest BCUT2D eigenvalue weighted by Crippen LogP contribution is 2.52. The van der Waals surface area contributed by atoms with Gasteiger partial charge in [0.1, 0.15) is 5.69 Å². The maximum atomic E-state index is 12.3. The number of hydrogen-bond acceptors (Lipinski definition) is 3. The average molecular weight is 247 g/mol. The van der Waals surface area contributed by atoms with Crippen LogP contribution >= 0.6 is 0 Å². The Bertz CT molecular complexity index is 446. The summed E-state index contributed by atoms with van der Waals surface area (Å²) < 4.78 is 0. The molecule has 2 heterocycles. The third-order valence-corrected chi connectivity index (χ3v) is 4.75. The molecule has 1 fully saturated rings. The van der Waals surface area contributed by atoms with Crippen molar-refractivity contribution in [2.45, 2.75) is 44.9 Å². The minimum absolute atomic E-state index is 0.190. The van der Waals surface area contributed by atoms with E-state index >= 15 is 0 Å². The SMILES string of the molecule is CCCC1c2cn[nH]c2C(=O)CC12CCNCC2. The van der Waals surface area contributed by atoms with Crippen LogP contribution in [0.1, 0.15) is 61.0 Å². The first kappa shape index (κ1) is 11.9. The van der Waals surface area contributed by atoms with Crippen molar-refractivity contribution in [1.29, 1.82) is 0 Å². The molecule has 3 rings (SSSR count). The summed E-state index contributed by atoms with van der Waals surface area (Å²) in [7, 11) is 0. The van der Waals surface area contributed by atoms with Crippen molar-refractivity contribution >= 4 is 5.78 Å². The zero-order valence-electron chi connectivity index (χ0n) is 11.0. The smallest absolute Gasteiger partial charge is 0.181 e. The van der Waals surface area contributed by atoms with Crippen LogP contribution in [-0.4, -0.2) is 29.1 Å². The summed E-state index contributed by atoms with van der Waals surface area (Å²) in [4.78, 5) is 12.3. The molecule has 0 amide bonds. The number of H-pyrrole nitrogens is 1. The van der Waals surface area contributed by atoms with Crippen LogP contribution in [0.4, 0.5) is 0 Å². The van der Waals surface area contributed by atoms with E-state index in [0.717, 1.165) is 31.6 Å². The molecule has 1 aromatic rings. The van der Waals surface area contributed by atoms with Crippen molar-refractivity contribution < 1.29 is 4.79 Å². The highest BCUT2D eigenvalue weighted by Gasteiger charge is 2.47. The molecule has 98 valence electrons. The largest absolute Gasteiger partial charge is 0.317 e. The van der Waals surface area contributed by atoms with Gasteiger partial charge in [-0.25, -0.2) is 0 Å². The molecule has 1 atom stereocenters. The molecular weight excluding hydrogens is 226 g/mol. The van der Waals surface area contributed by atoms with Crippen molar-refractivity contribution in [3.8, 4) is 0 Å². The second-order valence-corrected chi connectivity index (χ2v) is 5.75. The lowest BCUT2D eigenvalue weighted by Gasteiger charge is -2.46. The average Bonchev–Trinajstić information content (AvgIpc) is 2.85. The van der Waals surface area contributed by atoms with Gasteiger partial charge < -0.3 is 5.32 Å². The van der Waals surface area contributed by atoms with E-state index in [0.29, 0.717) is 12.3 Å². The fraction of sp³-hybridized carbons (Fsp3) is 0.714. The van der Waals surface area contributed by atoms with E-state index in [1.807, 2.05) is 6.20 Å². The fourth-order valence-electron chi connectivity index (χ4n) is 3.84. The third-order valence-electron chi connectivity index (χ3n) is 4.75. The fourth-order valence-corrected chi connectivity index (χ4v) is 3.84. The Morgan fingerprint density at radius 3 is 2.94 bits per heavy atom. The predicted molar refractivity (Wildman–Crippen MR) is 69.7 cm³/mol. The highest BCUT2D eigenvalue weighted by molar-refractivity contribution is 5.97. The number of fused-ring (bicyclic) bond motifs is 1. The van der Waals surface area contributed by atoms with Crippen LogP contribution in [0.25, 0.3) is 0 Å². The zero-order chi connectivity index (χ0) is 12.6. The summed E-state index contributed by atoms with van der Waals surface area (Å²) in [6.07, 6.45) is 7.16. The summed E-state index contributed by atoms with van der Waals surface area (Å²) in [5.41, 5.74) is 2.14. The van der Waals surface area contributed by atoms with E-state index in [2.05, 4.69) is 22.4 Å². The maximum Gasteiger partial charge on any atom is 0.181 e. The van der Waals surface area contributed by atoms with Gasteiger partial charge in [0, 0.05) is 12.0 Å². The van der Waals surface area contributed by atoms with E-state index in [1.54, 1.807) is 0 Å². The van der Waals surface area contributed by atoms with Crippen molar-refractivity contribution in [2.24, 2.45) is 5.41 Å². The molecule has 1 aliphatic heterocycles. The summed E-state index contributed by atoms with van der Waals surface area (Å²) in [5, 5.41) is 10.4. The molecule has 0 saturated carbocycles. The van der Waals surface area contributed by atoms with Crippen molar-refractivity contribution in [3.63, 3.8) is 0 Å². The summed E-state index contributed by atoms with van der Waals surface area (Å²) >= 11 is 0. The molecule has 0 bridgehead atoms. The monoisotopic (exact) mass is 247 g/mol. The van der Waals surface area contributed by atoms with Crippen molar-refractivity contribution in [2.75, 3.05) is 13.1 Å². The molecule has 0 radical (unpaired) electrons. The minimum Gasteiger partial charge on any atom is -0.317 e. The molecule has 1 aliphatic carbocycles.